The quantitative estimate of drug-likeness (QED) is 0.875. The number of fused-ring (bicyclic) bond motifs is 1. The van der Waals surface area contributed by atoms with E-state index in [1.807, 2.05) is 45.2 Å². The first-order valence-corrected chi connectivity index (χ1v) is 6.86. The van der Waals surface area contributed by atoms with Crippen LogP contribution < -0.4 is 5.32 Å². The predicted molar refractivity (Wildman–Crippen MR) is 78.6 cm³/mol. The van der Waals surface area contributed by atoms with Gasteiger partial charge in [-0.2, -0.15) is 5.10 Å². The van der Waals surface area contributed by atoms with Crippen molar-refractivity contribution >= 4 is 16.8 Å². The molecule has 1 heterocycles. The number of aliphatic hydroxyl groups is 1. The molecular weight excluding hydrogens is 254 g/mol. The Bertz CT molecular complexity index is 621. The van der Waals surface area contributed by atoms with Gasteiger partial charge in [0, 0.05) is 24.6 Å². The number of carbonyl (C=O) groups is 1. The normalized spacial score (nSPS) is 14.2. The summed E-state index contributed by atoms with van der Waals surface area (Å²) < 4.78 is 1.71. The van der Waals surface area contributed by atoms with Gasteiger partial charge in [0.15, 0.2) is 5.69 Å². The van der Waals surface area contributed by atoms with Crippen LogP contribution >= 0.6 is 0 Å². The Hall–Kier alpha value is -1.88. The first kappa shape index (κ1) is 14.5. The van der Waals surface area contributed by atoms with Gasteiger partial charge in [-0.25, -0.2) is 0 Å². The highest BCUT2D eigenvalue weighted by Crippen LogP contribution is 2.20. The molecule has 0 aliphatic carbocycles. The van der Waals surface area contributed by atoms with Crippen LogP contribution in [0.15, 0.2) is 24.3 Å². The van der Waals surface area contributed by atoms with Crippen LogP contribution in [0.2, 0.25) is 0 Å². The van der Waals surface area contributed by atoms with Crippen molar-refractivity contribution in [2.24, 2.45) is 7.05 Å². The molecule has 0 aliphatic rings. The number of nitrogens with zero attached hydrogens (tertiary/aromatic N) is 2. The van der Waals surface area contributed by atoms with Crippen LogP contribution in [0, 0.1) is 0 Å². The maximum absolute atomic E-state index is 12.5. The van der Waals surface area contributed by atoms with E-state index < -0.39 is 5.54 Å². The Morgan fingerprint density at radius 3 is 2.80 bits per heavy atom. The van der Waals surface area contributed by atoms with Crippen molar-refractivity contribution in [3.05, 3.63) is 30.0 Å². The number of hydrogen-bond donors (Lipinski definition) is 2. The molecule has 0 spiro atoms. The highest BCUT2D eigenvalue weighted by Gasteiger charge is 2.26. The Kier molecular flexibility index (Phi) is 4.09. The number of aromatic nitrogens is 2. The van der Waals surface area contributed by atoms with Crippen LogP contribution in [0.25, 0.3) is 10.9 Å². The van der Waals surface area contributed by atoms with Crippen molar-refractivity contribution in [1.82, 2.24) is 15.1 Å². The topological polar surface area (TPSA) is 67.2 Å². The Labute approximate surface area is 118 Å². The number of aryl methyl sites for hydroxylation is 1. The molecule has 20 heavy (non-hydrogen) atoms. The van der Waals surface area contributed by atoms with Crippen molar-refractivity contribution in [2.45, 2.75) is 32.2 Å². The van der Waals surface area contributed by atoms with E-state index in [1.54, 1.807) is 4.68 Å². The van der Waals surface area contributed by atoms with Gasteiger partial charge in [0.05, 0.1) is 5.52 Å². The fourth-order valence-electron chi connectivity index (χ4n) is 2.29. The molecular formula is C15H21N3O2. The predicted octanol–water partition coefficient (Wildman–Crippen LogP) is 1.85. The Balaban J connectivity index is 2.32. The lowest BCUT2D eigenvalue weighted by Crippen LogP contribution is -2.46. The third-order valence-electron chi connectivity index (χ3n) is 3.83. The largest absolute Gasteiger partial charge is 0.396 e. The summed E-state index contributed by atoms with van der Waals surface area (Å²) in [5.74, 6) is -0.195. The second-order valence-electron chi connectivity index (χ2n) is 5.33. The van der Waals surface area contributed by atoms with Crippen LogP contribution in [0.4, 0.5) is 0 Å². The van der Waals surface area contributed by atoms with Crippen molar-refractivity contribution < 1.29 is 9.90 Å². The zero-order valence-corrected chi connectivity index (χ0v) is 12.2. The van der Waals surface area contributed by atoms with Crippen molar-refractivity contribution in [3.8, 4) is 0 Å². The first-order valence-electron chi connectivity index (χ1n) is 6.86. The van der Waals surface area contributed by atoms with Gasteiger partial charge in [-0.15, -0.1) is 0 Å². The number of para-hydroxylation sites is 1. The summed E-state index contributed by atoms with van der Waals surface area (Å²) in [6.45, 7) is 3.98. The second kappa shape index (κ2) is 5.63. The molecule has 0 bridgehead atoms. The number of carbonyl (C=O) groups excluding carboxylic acids is 1. The molecule has 0 aliphatic heterocycles. The minimum absolute atomic E-state index is 0.0492. The third-order valence-corrected chi connectivity index (χ3v) is 3.83. The lowest BCUT2D eigenvalue weighted by molar-refractivity contribution is 0.0882. The molecule has 0 fully saturated rings. The number of nitrogens with one attached hydrogen (secondary N) is 1. The summed E-state index contributed by atoms with van der Waals surface area (Å²) in [6.07, 6.45) is 1.28. The third kappa shape index (κ3) is 2.67. The van der Waals surface area contributed by atoms with Crippen LogP contribution in [-0.2, 0) is 7.05 Å². The Morgan fingerprint density at radius 2 is 2.15 bits per heavy atom. The molecule has 2 aromatic rings. The molecule has 0 radical (unpaired) electrons. The average molecular weight is 275 g/mol. The molecule has 108 valence electrons. The van der Waals surface area contributed by atoms with E-state index in [9.17, 15) is 4.79 Å². The van der Waals surface area contributed by atoms with Gasteiger partial charge in [-0.05, 0) is 25.8 Å². The molecule has 1 aromatic heterocycles. The highest BCUT2D eigenvalue weighted by molar-refractivity contribution is 6.05. The highest BCUT2D eigenvalue weighted by atomic mass is 16.3. The summed E-state index contributed by atoms with van der Waals surface area (Å²) >= 11 is 0. The number of rotatable bonds is 5. The van der Waals surface area contributed by atoms with Crippen molar-refractivity contribution in [3.63, 3.8) is 0 Å². The second-order valence-corrected chi connectivity index (χ2v) is 5.33. The van der Waals surface area contributed by atoms with E-state index in [1.165, 1.54) is 0 Å². The fraction of sp³-hybridized carbons (Fsp3) is 0.467. The summed E-state index contributed by atoms with van der Waals surface area (Å²) in [5.41, 5.74) is 0.948. The van der Waals surface area contributed by atoms with E-state index in [0.29, 0.717) is 12.1 Å². The summed E-state index contributed by atoms with van der Waals surface area (Å²) in [5, 5.41) is 17.3. The summed E-state index contributed by atoms with van der Waals surface area (Å²) in [4.78, 5) is 12.5. The van der Waals surface area contributed by atoms with Gasteiger partial charge in [-0.1, -0.05) is 25.1 Å². The van der Waals surface area contributed by atoms with Gasteiger partial charge in [-0.3, -0.25) is 9.48 Å². The molecule has 1 unspecified atom stereocenters. The fourth-order valence-corrected chi connectivity index (χ4v) is 2.29. The van der Waals surface area contributed by atoms with Gasteiger partial charge >= 0.3 is 0 Å². The van der Waals surface area contributed by atoms with E-state index in [4.69, 9.17) is 5.11 Å². The minimum atomic E-state index is -0.412. The molecule has 5 heteroatoms. The van der Waals surface area contributed by atoms with Crippen LogP contribution in [-0.4, -0.2) is 32.9 Å². The molecule has 0 saturated heterocycles. The first-order chi connectivity index (χ1) is 9.50. The van der Waals surface area contributed by atoms with Gasteiger partial charge < -0.3 is 10.4 Å². The van der Waals surface area contributed by atoms with Gasteiger partial charge in [0.2, 0.25) is 0 Å². The van der Waals surface area contributed by atoms with Crippen LogP contribution in [0.3, 0.4) is 0 Å². The van der Waals surface area contributed by atoms with E-state index in [-0.39, 0.29) is 12.5 Å². The molecule has 1 atom stereocenters. The lowest BCUT2D eigenvalue weighted by atomic mass is 9.94. The zero-order valence-electron chi connectivity index (χ0n) is 12.2. The molecule has 1 amide bonds. The van der Waals surface area contributed by atoms with Crippen molar-refractivity contribution in [2.75, 3.05) is 6.61 Å². The summed E-state index contributed by atoms with van der Waals surface area (Å²) in [6, 6.07) is 7.65. The number of aliphatic hydroxyl groups excluding tert-OH is 1. The summed E-state index contributed by atoms with van der Waals surface area (Å²) in [7, 11) is 1.83. The standard InChI is InChI=1S/C15H21N3O2/c1-4-15(2,9-10-19)16-14(20)13-11-7-5-6-8-12(11)18(3)17-13/h5-8,19H,4,9-10H2,1-3H3,(H,16,20). The molecule has 2 N–H and O–H groups in total. The Morgan fingerprint density at radius 1 is 1.45 bits per heavy atom. The van der Waals surface area contributed by atoms with E-state index in [0.717, 1.165) is 17.3 Å². The van der Waals surface area contributed by atoms with E-state index in [2.05, 4.69) is 10.4 Å². The smallest absolute Gasteiger partial charge is 0.272 e. The van der Waals surface area contributed by atoms with Crippen LogP contribution in [0.1, 0.15) is 37.2 Å². The molecule has 5 nitrogen and oxygen atoms in total. The SMILES string of the molecule is CCC(C)(CCO)NC(=O)c1nn(C)c2ccccc12. The number of hydrogen-bond acceptors (Lipinski definition) is 3. The molecule has 0 saturated carbocycles. The average Bonchev–Trinajstić information content (AvgIpc) is 2.77. The minimum Gasteiger partial charge on any atom is -0.396 e. The van der Waals surface area contributed by atoms with Gasteiger partial charge in [0.1, 0.15) is 0 Å². The maximum Gasteiger partial charge on any atom is 0.272 e. The maximum atomic E-state index is 12.5. The van der Waals surface area contributed by atoms with Crippen molar-refractivity contribution in [1.29, 1.82) is 0 Å². The van der Waals surface area contributed by atoms with Crippen LogP contribution in [0.5, 0.6) is 0 Å². The van der Waals surface area contributed by atoms with Gasteiger partial charge in [0.25, 0.3) is 5.91 Å². The zero-order chi connectivity index (χ0) is 14.8. The van der Waals surface area contributed by atoms with E-state index >= 15 is 0 Å². The number of benzene rings is 1. The number of amides is 1. The molecule has 2 rings (SSSR count). The molecule has 1 aromatic carbocycles. The monoisotopic (exact) mass is 275 g/mol. The lowest BCUT2D eigenvalue weighted by Gasteiger charge is -2.28.